The summed E-state index contributed by atoms with van der Waals surface area (Å²) in [6, 6.07) is 6.60. The maximum atomic E-state index is 12.6. The number of carbonyl (C=O) groups excluding carboxylic acids is 2. The largest absolute Gasteiger partial charge is 0.341 e. The van der Waals surface area contributed by atoms with Crippen LogP contribution in [-0.2, 0) is 29.1 Å². The lowest BCUT2D eigenvalue weighted by Crippen LogP contribution is -2.56. The molecule has 2 amide bonds. The first-order chi connectivity index (χ1) is 10.9. The van der Waals surface area contributed by atoms with Gasteiger partial charge in [0.05, 0.1) is 5.92 Å². The van der Waals surface area contributed by atoms with Crippen LogP contribution in [0.5, 0.6) is 0 Å². The minimum Gasteiger partial charge on any atom is -0.341 e. The number of nitrogens with zero attached hydrogens (tertiary/aromatic N) is 3. The van der Waals surface area contributed by atoms with Crippen LogP contribution in [0.4, 0.5) is 0 Å². The molecule has 0 aliphatic carbocycles. The number of amides is 2. The lowest BCUT2D eigenvalue weighted by atomic mass is 9.93. The zero-order valence-electron chi connectivity index (χ0n) is 14.2. The van der Waals surface area contributed by atoms with Crippen molar-refractivity contribution in [3.05, 3.63) is 34.9 Å². The molecule has 0 bridgehead atoms. The Balaban J connectivity index is 1.62. The van der Waals surface area contributed by atoms with Gasteiger partial charge in [0.2, 0.25) is 11.8 Å². The highest BCUT2D eigenvalue weighted by Crippen LogP contribution is 2.25. The van der Waals surface area contributed by atoms with E-state index in [2.05, 4.69) is 37.2 Å². The first kappa shape index (κ1) is 16.0. The fourth-order valence-corrected chi connectivity index (χ4v) is 3.41. The summed E-state index contributed by atoms with van der Waals surface area (Å²) in [6.07, 6.45) is 0.922. The SMILES string of the molecule is CC(=O)N1CC(C(=O)N2CCc3cc(CN(C)C)ccc3C2)C1. The van der Waals surface area contributed by atoms with Crippen LogP contribution in [0.15, 0.2) is 18.2 Å². The molecule has 2 heterocycles. The Morgan fingerprint density at radius 3 is 2.57 bits per heavy atom. The molecule has 0 spiro atoms. The van der Waals surface area contributed by atoms with Crippen LogP contribution >= 0.6 is 0 Å². The molecular formula is C18H25N3O2. The molecule has 2 aliphatic heterocycles. The molecule has 2 aliphatic rings. The number of carbonyl (C=O) groups is 2. The van der Waals surface area contributed by atoms with Gasteiger partial charge in [0.25, 0.3) is 0 Å². The zero-order chi connectivity index (χ0) is 16.6. The average Bonchev–Trinajstić information content (AvgIpc) is 2.44. The van der Waals surface area contributed by atoms with Crippen molar-refractivity contribution in [3.63, 3.8) is 0 Å². The van der Waals surface area contributed by atoms with Crippen molar-refractivity contribution in [2.24, 2.45) is 5.92 Å². The summed E-state index contributed by atoms with van der Waals surface area (Å²) in [4.78, 5) is 29.6. The quantitative estimate of drug-likeness (QED) is 0.839. The maximum absolute atomic E-state index is 12.6. The highest BCUT2D eigenvalue weighted by atomic mass is 16.2. The van der Waals surface area contributed by atoms with Crippen LogP contribution in [0.3, 0.4) is 0 Å². The smallest absolute Gasteiger partial charge is 0.229 e. The Morgan fingerprint density at radius 2 is 1.91 bits per heavy atom. The predicted molar refractivity (Wildman–Crippen MR) is 88.7 cm³/mol. The predicted octanol–water partition coefficient (Wildman–Crippen LogP) is 1.11. The Kier molecular flexibility index (Phi) is 4.39. The van der Waals surface area contributed by atoms with Gasteiger partial charge in [-0.2, -0.15) is 0 Å². The van der Waals surface area contributed by atoms with E-state index in [1.807, 2.05) is 4.90 Å². The van der Waals surface area contributed by atoms with Gasteiger partial charge in [0, 0.05) is 39.6 Å². The lowest BCUT2D eigenvalue weighted by Gasteiger charge is -2.41. The van der Waals surface area contributed by atoms with Gasteiger partial charge < -0.3 is 14.7 Å². The molecule has 0 aromatic heterocycles. The van der Waals surface area contributed by atoms with Crippen molar-refractivity contribution in [2.75, 3.05) is 33.7 Å². The van der Waals surface area contributed by atoms with E-state index in [1.165, 1.54) is 16.7 Å². The average molecular weight is 315 g/mol. The normalized spacial score (nSPS) is 17.9. The lowest BCUT2D eigenvalue weighted by molar-refractivity contribution is -0.148. The van der Waals surface area contributed by atoms with E-state index in [0.29, 0.717) is 19.6 Å². The molecule has 5 heteroatoms. The van der Waals surface area contributed by atoms with Crippen molar-refractivity contribution < 1.29 is 9.59 Å². The van der Waals surface area contributed by atoms with Gasteiger partial charge in [-0.3, -0.25) is 9.59 Å². The third-order valence-electron chi connectivity index (χ3n) is 4.77. The third-order valence-corrected chi connectivity index (χ3v) is 4.77. The number of benzene rings is 1. The molecule has 124 valence electrons. The standard InChI is InChI=1S/C18H25N3O2/c1-13(22)21-11-17(12-21)18(23)20-7-6-15-8-14(9-19(2)3)4-5-16(15)10-20/h4-5,8,17H,6-7,9-12H2,1-3H3. The van der Waals surface area contributed by atoms with Crippen molar-refractivity contribution in [1.82, 2.24) is 14.7 Å². The summed E-state index contributed by atoms with van der Waals surface area (Å²) in [6.45, 7) is 5.15. The van der Waals surface area contributed by atoms with Crippen LogP contribution in [0.25, 0.3) is 0 Å². The van der Waals surface area contributed by atoms with Gasteiger partial charge >= 0.3 is 0 Å². The number of hydrogen-bond donors (Lipinski definition) is 0. The van der Waals surface area contributed by atoms with Gasteiger partial charge in [-0.25, -0.2) is 0 Å². The van der Waals surface area contributed by atoms with Crippen molar-refractivity contribution in [1.29, 1.82) is 0 Å². The molecule has 0 N–H and O–H groups in total. The fourth-order valence-electron chi connectivity index (χ4n) is 3.41. The molecule has 23 heavy (non-hydrogen) atoms. The maximum Gasteiger partial charge on any atom is 0.229 e. The minimum atomic E-state index is -0.00605. The Hall–Kier alpha value is -1.88. The zero-order valence-corrected chi connectivity index (χ0v) is 14.2. The number of likely N-dealkylation sites (tertiary alicyclic amines) is 1. The minimum absolute atomic E-state index is 0.00605. The van der Waals surface area contributed by atoms with Crippen LogP contribution in [-0.4, -0.2) is 60.2 Å². The van der Waals surface area contributed by atoms with Gasteiger partial charge in [0.15, 0.2) is 0 Å². The number of rotatable bonds is 3. The van der Waals surface area contributed by atoms with Crippen LogP contribution in [0, 0.1) is 5.92 Å². The summed E-state index contributed by atoms with van der Waals surface area (Å²) in [5.74, 6) is 0.255. The summed E-state index contributed by atoms with van der Waals surface area (Å²) in [7, 11) is 4.14. The summed E-state index contributed by atoms with van der Waals surface area (Å²) >= 11 is 0. The van der Waals surface area contributed by atoms with E-state index >= 15 is 0 Å². The molecule has 0 saturated carbocycles. The molecule has 3 rings (SSSR count). The molecule has 1 aromatic rings. The Labute approximate surface area is 137 Å². The van der Waals surface area contributed by atoms with Crippen LogP contribution in [0.2, 0.25) is 0 Å². The Morgan fingerprint density at radius 1 is 1.17 bits per heavy atom. The summed E-state index contributed by atoms with van der Waals surface area (Å²) in [5.41, 5.74) is 3.95. The van der Waals surface area contributed by atoms with E-state index in [1.54, 1.807) is 11.8 Å². The van der Waals surface area contributed by atoms with Gasteiger partial charge in [-0.15, -0.1) is 0 Å². The second kappa shape index (κ2) is 6.32. The molecule has 0 atom stereocenters. The van der Waals surface area contributed by atoms with E-state index in [0.717, 1.165) is 19.5 Å². The highest BCUT2D eigenvalue weighted by Gasteiger charge is 2.37. The van der Waals surface area contributed by atoms with Crippen LogP contribution in [0.1, 0.15) is 23.6 Å². The molecule has 1 saturated heterocycles. The highest BCUT2D eigenvalue weighted by molar-refractivity contribution is 5.84. The fraction of sp³-hybridized carbons (Fsp3) is 0.556. The molecule has 0 unspecified atom stereocenters. The molecule has 5 nitrogen and oxygen atoms in total. The first-order valence-corrected chi connectivity index (χ1v) is 8.23. The Bertz CT molecular complexity index is 621. The molecular weight excluding hydrogens is 290 g/mol. The molecule has 1 aromatic carbocycles. The number of fused-ring (bicyclic) bond motifs is 1. The molecule has 1 fully saturated rings. The van der Waals surface area contributed by atoms with Gasteiger partial charge in [-0.1, -0.05) is 18.2 Å². The summed E-state index contributed by atoms with van der Waals surface area (Å²) in [5, 5.41) is 0. The molecule has 0 radical (unpaired) electrons. The van der Waals surface area contributed by atoms with Crippen molar-refractivity contribution in [2.45, 2.75) is 26.4 Å². The topological polar surface area (TPSA) is 43.9 Å². The second-order valence-corrected chi connectivity index (χ2v) is 6.97. The summed E-state index contributed by atoms with van der Waals surface area (Å²) < 4.78 is 0. The first-order valence-electron chi connectivity index (χ1n) is 8.23. The van der Waals surface area contributed by atoms with Crippen molar-refractivity contribution in [3.8, 4) is 0 Å². The van der Waals surface area contributed by atoms with Gasteiger partial charge in [-0.05, 0) is 37.2 Å². The third kappa shape index (κ3) is 3.39. The van der Waals surface area contributed by atoms with E-state index in [9.17, 15) is 9.59 Å². The number of hydrogen-bond acceptors (Lipinski definition) is 3. The van der Waals surface area contributed by atoms with Crippen LogP contribution < -0.4 is 0 Å². The van der Waals surface area contributed by atoms with E-state index < -0.39 is 0 Å². The van der Waals surface area contributed by atoms with Gasteiger partial charge in [0.1, 0.15) is 0 Å². The monoisotopic (exact) mass is 315 g/mol. The van der Waals surface area contributed by atoms with E-state index in [4.69, 9.17) is 0 Å². The van der Waals surface area contributed by atoms with Crippen molar-refractivity contribution >= 4 is 11.8 Å². The van der Waals surface area contributed by atoms with E-state index in [-0.39, 0.29) is 17.7 Å². The second-order valence-electron chi connectivity index (χ2n) is 6.97.